The van der Waals surface area contributed by atoms with Gasteiger partial charge in [-0.25, -0.2) is 4.99 Å². The van der Waals surface area contributed by atoms with Crippen molar-refractivity contribution in [1.29, 1.82) is 0 Å². The SMILES string of the molecule is CCCCN(C)C1=NC(C)CN=C(N)N1. The van der Waals surface area contributed by atoms with Gasteiger partial charge in [-0.15, -0.1) is 0 Å². The first-order valence-corrected chi connectivity index (χ1v) is 5.49. The number of hydrogen-bond acceptors (Lipinski definition) is 5. The first-order valence-electron chi connectivity index (χ1n) is 5.49. The smallest absolute Gasteiger partial charge is 0.200 e. The minimum Gasteiger partial charge on any atom is -0.370 e. The zero-order valence-electron chi connectivity index (χ0n) is 9.82. The second-order valence-corrected chi connectivity index (χ2v) is 3.93. The molecular formula is C10H21N5. The van der Waals surface area contributed by atoms with Crippen molar-refractivity contribution in [3.63, 3.8) is 0 Å². The van der Waals surface area contributed by atoms with E-state index in [1.165, 1.54) is 6.42 Å². The van der Waals surface area contributed by atoms with Gasteiger partial charge in [0.1, 0.15) is 0 Å². The van der Waals surface area contributed by atoms with Gasteiger partial charge in [0, 0.05) is 13.6 Å². The van der Waals surface area contributed by atoms with E-state index in [9.17, 15) is 0 Å². The molecule has 1 unspecified atom stereocenters. The van der Waals surface area contributed by atoms with Gasteiger partial charge in [0.25, 0.3) is 0 Å². The molecular weight excluding hydrogens is 190 g/mol. The van der Waals surface area contributed by atoms with E-state index in [2.05, 4.69) is 27.1 Å². The van der Waals surface area contributed by atoms with Crippen LogP contribution in [0.3, 0.4) is 0 Å². The van der Waals surface area contributed by atoms with Gasteiger partial charge in [0.15, 0.2) is 5.96 Å². The van der Waals surface area contributed by atoms with Crippen LogP contribution in [0.2, 0.25) is 0 Å². The molecule has 0 amide bonds. The third-order valence-corrected chi connectivity index (χ3v) is 2.32. The molecule has 1 rings (SSSR count). The van der Waals surface area contributed by atoms with E-state index in [1.54, 1.807) is 0 Å². The van der Waals surface area contributed by atoms with Crippen LogP contribution in [0.5, 0.6) is 0 Å². The average molecular weight is 211 g/mol. The first kappa shape index (κ1) is 11.8. The number of unbranched alkanes of at least 4 members (excludes halogenated alkanes) is 1. The topological polar surface area (TPSA) is 66.0 Å². The van der Waals surface area contributed by atoms with Crippen molar-refractivity contribution in [3.8, 4) is 0 Å². The van der Waals surface area contributed by atoms with E-state index in [0.717, 1.165) is 18.9 Å². The fourth-order valence-electron chi connectivity index (χ4n) is 1.36. The Hall–Kier alpha value is -1.26. The predicted molar refractivity (Wildman–Crippen MR) is 64.1 cm³/mol. The van der Waals surface area contributed by atoms with Gasteiger partial charge in [0.2, 0.25) is 5.96 Å². The van der Waals surface area contributed by atoms with E-state index < -0.39 is 0 Å². The van der Waals surface area contributed by atoms with Gasteiger partial charge >= 0.3 is 0 Å². The van der Waals surface area contributed by atoms with Crippen LogP contribution in [0.15, 0.2) is 9.98 Å². The van der Waals surface area contributed by atoms with E-state index >= 15 is 0 Å². The molecule has 0 bridgehead atoms. The lowest BCUT2D eigenvalue weighted by atomic mass is 10.3. The molecule has 0 radical (unpaired) electrons. The van der Waals surface area contributed by atoms with Gasteiger partial charge in [-0.1, -0.05) is 13.3 Å². The third-order valence-electron chi connectivity index (χ3n) is 2.32. The molecule has 0 spiro atoms. The highest BCUT2D eigenvalue weighted by molar-refractivity contribution is 5.98. The Bertz CT molecular complexity index is 259. The van der Waals surface area contributed by atoms with Gasteiger partial charge in [-0.05, 0) is 13.3 Å². The lowest BCUT2D eigenvalue weighted by molar-refractivity contribution is 0.470. The molecule has 5 nitrogen and oxygen atoms in total. The normalized spacial score (nSPS) is 21.1. The summed E-state index contributed by atoms with van der Waals surface area (Å²) in [7, 11) is 2.02. The molecule has 3 N–H and O–H groups in total. The zero-order chi connectivity index (χ0) is 11.3. The van der Waals surface area contributed by atoms with Crippen molar-refractivity contribution in [3.05, 3.63) is 0 Å². The Labute approximate surface area is 91.5 Å². The summed E-state index contributed by atoms with van der Waals surface area (Å²) >= 11 is 0. The monoisotopic (exact) mass is 211 g/mol. The molecule has 1 atom stereocenters. The Morgan fingerprint density at radius 1 is 1.60 bits per heavy atom. The standard InChI is InChI=1S/C10H21N5/c1-4-5-6-15(3)10-13-8(2)7-12-9(11)14-10/h8H,4-7H2,1-3H3,(H3,11,12,13,14). The van der Waals surface area contributed by atoms with Gasteiger partial charge < -0.3 is 10.6 Å². The largest absolute Gasteiger partial charge is 0.370 e. The molecule has 0 aromatic heterocycles. The van der Waals surface area contributed by atoms with Crippen LogP contribution in [0.25, 0.3) is 0 Å². The van der Waals surface area contributed by atoms with Crippen LogP contribution in [0.1, 0.15) is 26.7 Å². The number of guanidine groups is 2. The van der Waals surface area contributed by atoms with Crippen LogP contribution < -0.4 is 11.1 Å². The van der Waals surface area contributed by atoms with Crippen LogP contribution in [-0.4, -0.2) is 43.0 Å². The zero-order valence-corrected chi connectivity index (χ0v) is 9.82. The molecule has 0 aromatic carbocycles. The number of hydrogen-bond donors (Lipinski definition) is 2. The van der Waals surface area contributed by atoms with Crippen LogP contribution >= 0.6 is 0 Å². The molecule has 0 aliphatic carbocycles. The Morgan fingerprint density at radius 3 is 3.00 bits per heavy atom. The summed E-state index contributed by atoms with van der Waals surface area (Å²) in [5.74, 6) is 1.29. The van der Waals surface area contributed by atoms with E-state index in [4.69, 9.17) is 5.73 Å². The van der Waals surface area contributed by atoms with Crippen LogP contribution in [-0.2, 0) is 0 Å². The summed E-state index contributed by atoms with van der Waals surface area (Å²) in [6, 6.07) is 0.192. The molecule has 0 fully saturated rings. The molecule has 86 valence electrons. The summed E-state index contributed by atoms with van der Waals surface area (Å²) in [6.07, 6.45) is 2.33. The number of rotatable bonds is 3. The van der Waals surface area contributed by atoms with Gasteiger partial charge in [-0.3, -0.25) is 10.3 Å². The first-order chi connectivity index (χ1) is 7.13. The van der Waals surface area contributed by atoms with E-state index in [-0.39, 0.29) is 6.04 Å². The van der Waals surface area contributed by atoms with Crippen LogP contribution in [0, 0.1) is 0 Å². The van der Waals surface area contributed by atoms with Crippen LogP contribution in [0.4, 0.5) is 0 Å². The molecule has 0 aromatic rings. The molecule has 1 heterocycles. The quantitative estimate of drug-likeness (QED) is 0.709. The number of nitrogens with zero attached hydrogens (tertiary/aromatic N) is 3. The summed E-state index contributed by atoms with van der Waals surface area (Å²) in [5, 5.41) is 3.02. The molecule has 5 heteroatoms. The maximum Gasteiger partial charge on any atom is 0.200 e. The van der Waals surface area contributed by atoms with Crippen molar-refractivity contribution < 1.29 is 0 Å². The third kappa shape index (κ3) is 3.77. The Kier molecular flexibility index (Phi) is 4.39. The highest BCUT2D eigenvalue weighted by Gasteiger charge is 2.12. The number of nitrogens with two attached hydrogens (primary N) is 1. The summed E-state index contributed by atoms with van der Waals surface area (Å²) in [4.78, 5) is 10.8. The molecule has 1 aliphatic rings. The van der Waals surface area contributed by atoms with Crippen molar-refractivity contribution in [1.82, 2.24) is 10.2 Å². The van der Waals surface area contributed by atoms with Gasteiger partial charge in [0.05, 0.1) is 12.6 Å². The predicted octanol–water partition coefficient (Wildman–Crippen LogP) is 0.381. The van der Waals surface area contributed by atoms with Crippen molar-refractivity contribution in [2.75, 3.05) is 20.1 Å². The minimum absolute atomic E-state index is 0.192. The van der Waals surface area contributed by atoms with Crippen molar-refractivity contribution >= 4 is 11.9 Å². The summed E-state index contributed by atoms with van der Waals surface area (Å²) < 4.78 is 0. The minimum atomic E-state index is 0.192. The summed E-state index contributed by atoms with van der Waals surface area (Å²) in [5.41, 5.74) is 5.69. The maximum absolute atomic E-state index is 5.69. The Morgan fingerprint density at radius 2 is 2.33 bits per heavy atom. The fourth-order valence-corrected chi connectivity index (χ4v) is 1.36. The molecule has 0 saturated carbocycles. The molecule has 15 heavy (non-hydrogen) atoms. The highest BCUT2D eigenvalue weighted by Crippen LogP contribution is 1.99. The second kappa shape index (κ2) is 5.58. The molecule has 1 aliphatic heterocycles. The maximum atomic E-state index is 5.69. The van der Waals surface area contributed by atoms with E-state index in [1.807, 2.05) is 14.0 Å². The lowest BCUT2D eigenvalue weighted by Gasteiger charge is -2.21. The lowest BCUT2D eigenvalue weighted by Crippen LogP contribution is -2.45. The van der Waals surface area contributed by atoms with Gasteiger partial charge in [-0.2, -0.15) is 0 Å². The Balaban J connectivity index is 2.61. The number of aliphatic imine (C=N–C) groups is 2. The summed E-state index contributed by atoms with van der Waals surface area (Å²) in [6.45, 7) is 5.86. The van der Waals surface area contributed by atoms with Crippen molar-refractivity contribution in [2.45, 2.75) is 32.7 Å². The molecule has 0 saturated heterocycles. The van der Waals surface area contributed by atoms with Crippen molar-refractivity contribution in [2.24, 2.45) is 15.7 Å². The average Bonchev–Trinajstić information content (AvgIpc) is 2.37. The number of nitrogens with one attached hydrogen (secondary N) is 1. The second-order valence-electron chi connectivity index (χ2n) is 3.93. The fraction of sp³-hybridized carbons (Fsp3) is 0.800. The highest BCUT2D eigenvalue weighted by atomic mass is 15.3. The van der Waals surface area contributed by atoms with E-state index in [0.29, 0.717) is 12.5 Å².